The third-order valence-corrected chi connectivity index (χ3v) is 4.92. The highest BCUT2D eigenvalue weighted by Crippen LogP contribution is 2.33. The molecule has 0 bridgehead atoms. The summed E-state index contributed by atoms with van der Waals surface area (Å²) in [6, 6.07) is 19.0. The monoisotopic (exact) mass is 454 g/mol. The van der Waals surface area contributed by atoms with E-state index in [2.05, 4.69) is 21.0 Å². The molecule has 6 nitrogen and oxygen atoms in total. The summed E-state index contributed by atoms with van der Waals surface area (Å²) in [5, 5.41) is 5.66. The van der Waals surface area contributed by atoms with Crippen LogP contribution in [0.4, 0.5) is 0 Å². The molecule has 3 aromatic rings. The predicted octanol–water partition coefficient (Wildman–Crippen LogP) is 5.17. The number of hydrogen-bond acceptors (Lipinski definition) is 5. The number of aryl methyl sites for hydroxylation is 1. The van der Waals surface area contributed by atoms with Gasteiger partial charge in [-0.15, -0.1) is 5.10 Å². The molecular weight excluding hydrogens is 436 g/mol. The van der Waals surface area contributed by atoms with Gasteiger partial charge in [0.2, 0.25) is 11.8 Å². The third kappa shape index (κ3) is 4.19. The maximum atomic E-state index is 12.1. The fraction of sp³-hybridized carbons (Fsp3) is 0.182. The van der Waals surface area contributed by atoms with E-state index in [1.54, 1.807) is 6.07 Å². The zero-order valence-corrected chi connectivity index (χ0v) is 17.5. The molecule has 0 fully saturated rings. The molecule has 2 aromatic carbocycles. The van der Waals surface area contributed by atoms with Crippen LogP contribution in [0, 0.1) is 6.92 Å². The van der Waals surface area contributed by atoms with E-state index >= 15 is 0 Å². The van der Waals surface area contributed by atoms with Crippen molar-refractivity contribution in [3.05, 3.63) is 87.8 Å². The molecule has 1 unspecified atom stereocenters. The number of para-hydroxylation sites is 1. The highest BCUT2D eigenvalue weighted by atomic mass is 79.9. The quantitative estimate of drug-likeness (QED) is 0.533. The summed E-state index contributed by atoms with van der Waals surface area (Å²) in [7, 11) is 0. The molecule has 0 aliphatic carbocycles. The van der Waals surface area contributed by atoms with Gasteiger partial charge >= 0.3 is 0 Å². The molecule has 148 valence electrons. The van der Waals surface area contributed by atoms with Crippen molar-refractivity contribution in [2.24, 2.45) is 5.10 Å². The minimum atomic E-state index is -0.740. The number of nitrogens with zero attached hydrogens (tertiary/aromatic N) is 2. The van der Waals surface area contributed by atoms with Crippen molar-refractivity contribution in [2.45, 2.75) is 26.7 Å². The van der Waals surface area contributed by atoms with Crippen LogP contribution < -0.4 is 4.74 Å². The van der Waals surface area contributed by atoms with E-state index < -0.39 is 6.23 Å². The molecule has 0 radical (unpaired) electrons. The molecule has 29 heavy (non-hydrogen) atoms. The van der Waals surface area contributed by atoms with Gasteiger partial charge in [-0.1, -0.05) is 40.2 Å². The number of rotatable bonds is 5. The molecule has 0 spiro atoms. The van der Waals surface area contributed by atoms with E-state index in [0.29, 0.717) is 29.6 Å². The molecule has 1 aromatic heterocycles. The van der Waals surface area contributed by atoms with E-state index in [0.717, 1.165) is 15.8 Å². The lowest BCUT2D eigenvalue weighted by Gasteiger charge is -2.16. The highest BCUT2D eigenvalue weighted by molar-refractivity contribution is 9.10. The summed E-state index contributed by atoms with van der Waals surface area (Å²) in [6.45, 7) is 3.67. The number of furan rings is 1. The number of carbonyl (C=O) groups is 1. The minimum absolute atomic E-state index is 0.243. The zero-order valence-electron chi connectivity index (χ0n) is 16.0. The third-order valence-electron chi connectivity index (χ3n) is 4.40. The smallest absolute Gasteiger partial charge is 0.254 e. The van der Waals surface area contributed by atoms with Crippen molar-refractivity contribution < 1.29 is 18.7 Å². The average molecular weight is 455 g/mol. The molecule has 0 N–H and O–H groups in total. The maximum Gasteiger partial charge on any atom is 0.254 e. The molecule has 0 saturated heterocycles. The van der Waals surface area contributed by atoms with Gasteiger partial charge in [0.15, 0.2) is 5.76 Å². The van der Waals surface area contributed by atoms with Gasteiger partial charge in [0, 0.05) is 11.4 Å². The Hall–Kier alpha value is -3.06. The Morgan fingerprint density at radius 1 is 1.14 bits per heavy atom. The molecule has 1 aliphatic rings. The predicted molar refractivity (Wildman–Crippen MR) is 111 cm³/mol. The van der Waals surface area contributed by atoms with Gasteiger partial charge in [-0.05, 0) is 48.9 Å². The number of hydrogen-bond donors (Lipinski definition) is 0. The van der Waals surface area contributed by atoms with Gasteiger partial charge in [-0.25, -0.2) is 0 Å². The fourth-order valence-corrected chi connectivity index (χ4v) is 3.22. The second-order valence-corrected chi connectivity index (χ2v) is 7.51. The normalized spacial score (nSPS) is 15.8. The van der Waals surface area contributed by atoms with Crippen LogP contribution in [-0.4, -0.2) is 16.8 Å². The topological polar surface area (TPSA) is 64.3 Å². The van der Waals surface area contributed by atoms with Gasteiger partial charge in [0.25, 0.3) is 6.23 Å². The number of benzene rings is 2. The van der Waals surface area contributed by atoms with Crippen molar-refractivity contribution in [2.75, 3.05) is 0 Å². The number of carbonyl (C=O) groups excluding carboxylic acids is 1. The van der Waals surface area contributed by atoms with Crippen molar-refractivity contribution in [3.8, 4) is 5.75 Å². The summed E-state index contributed by atoms with van der Waals surface area (Å²) in [5.74, 6) is 1.94. The average Bonchev–Trinajstić information content (AvgIpc) is 3.34. The molecule has 4 rings (SSSR count). The van der Waals surface area contributed by atoms with E-state index in [4.69, 9.17) is 13.9 Å². The Morgan fingerprint density at radius 2 is 1.90 bits per heavy atom. The fourth-order valence-electron chi connectivity index (χ4n) is 2.96. The summed E-state index contributed by atoms with van der Waals surface area (Å²) >= 11 is 3.43. The number of ether oxygens (including phenoxy) is 2. The molecule has 1 atom stereocenters. The van der Waals surface area contributed by atoms with Gasteiger partial charge in [0.05, 0.1) is 5.56 Å². The first kappa shape index (κ1) is 19.3. The van der Waals surface area contributed by atoms with Crippen molar-refractivity contribution >= 4 is 27.7 Å². The van der Waals surface area contributed by atoms with Crippen molar-refractivity contribution in [3.63, 3.8) is 0 Å². The maximum absolute atomic E-state index is 12.1. The Bertz CT molecular complexity index is 1060. The van der Waals surface area contributed by atoms with E-state index in [-0.39, 0.29) is 5.91 Å². The van der Waals surface area contributed by atoms with Crippen LogP contribution in [0.3, 0.4) is 0 Å². The lowest BCUT2D eigenvalue weighted by atomic mass is 10.2. The summed E-state index contributed by atoms with van der Waals surface area (Å²) < 4.78 is 18.7. The summed E-state index contributed by atoms with van der Waals surface area (Å²) in [5.41, 5.74) is 1.70. The highest BCUT2D eigenvalue weighted by Gasteiger charge is 2.36. The molecule has 7 heteroatoms. The van der Waals surface area contributed by atoms with Crippen LogP contribution >= 0.6 is 15.9 Å². The molecule has 1 aliphatic heterocycles. The summed E-state index contributed by atoms with van der Waals surface area (Å²) in [6.07, 6.45) is -0.740. The number of hydrazone groups is 1. The largest absolute Gasteiger partial charge is 0.488 e. The van der Waals surface area contributed by atoms with E-state index in [1.807, 2.05) is 61.5 Å². The van der Waals surface area contributed by atoms with Crippen LogP contribution in [0.5, 0.6) is 5.75 Å². The first-order valence-electron chi connectivity index (χ1n) is 9.09. The Morgan fingerprint density at radius 3 is 2.59 bits per heavy atom. The second kappa shape index (κ2) is 8.13. The Balaban J connectivity index is 1.58. The number of halogens is 1. The molecular formula is C22H19BrN2O4. The van der Waals surface area contributed by atoms with E-state index in [9.17, 15) is 4.79 Å². The van der Waals surface area contributed by atoms with Crippen LogP contribution in [0.2, 0.25) is 0 Å². The van der Waals surface area contributed by atoms with Gasteiger partial charge in [-0.3, -0.25) is 4.79 Å². The zero-order chi connectivity index (χ0) is 20.4. The second-order valence-electron chi connectivity index (χ2n) is 6.60. The van der Waals surface area contributed by atoms with Gasteiger partial charge in [0.1, 0.15) is 18.1 Å². The van der Waals surface area contributed by atoms with Gasteiger partial charge < -0.3 is 13.9 Å². The Kier molecular flexibility index (Phi) is 5.40. The summed E-state index contributed by atoms with van der Waals surface area (Å²) in [4.78, 5) is 12.1. The van der Waals surface area contributed by atoms with Crippen molar-refractivity contribution in [1.29, 1.82) is 0 Å². The number of amides is 1. The molecule has 0 saturated carbocycles. The van der Waals surface area contributed by atoms with E-state index in [1.165, 1.54) is 11.9 Å². The molecule has 2 heterocycles. The van der Waals surface area contributed by atoms with Crippen LogP contribution in [0.1, 0.15) is 35.8 Å². The Labute approximate surface area is 176 Å². The SMILES string of the molecule is CC(=O)N1N=C(c2ccccc2OCc2ccc(Br)cc2)OC1c1ccc(C)o1. The lowest BCUT2D eigenvalue weighted by molar-refractivity contribution is -0.136. The first-order valence-corrected chi connectivity index (χ1v) is 9.88. The standard InChI is InChI=1S/C22H19BrN2O4/c1-14-7-12-20(28-14)22-25(15(2)26)24-21(29-22)18-5-3-4-6-19(18)27-13-16-8-10-17(23)11-9-16/h3-12,22H,13H2,1-2H3. The first-order chi connectivity index (χ1) is 14.0. The van der Waals surface area contributed by atoms with Crippen LogP contribution in [-0.2, 0) is 16.1 Å². The van der Waals surface area contributed by atoms with Crippen LogP contribution in [0.15, 0.2) is 74.7 Å². The lowest BCUT2D eigenvalue weighted by Crippen LogP contribution is -2.24. The van der Waals surface area contributed by atoms with Crippen LogP contribution in [0.25, 0.3) is 0 Å². The van der Waals surface area contributed by atoms with Crippen molar-refractivity contribution in [1.82, 2.24) is 5.01 Å². The van der Waals surface area contributed by atoms with Gasteiger partial charge in [-0.2, -0.15) is 5.01 Å². The minimum Gasteiger partial charge on any atom is -0.488 e. The molecule has 1 amide bonds.